The van der Waals surface area contributed by atoms with Gasteiger partial charge >= 0.3 is 0 Å². The van der Waals surface area contributed by atoms with E-state index in [1.807, 2.05) is 42.5 Å². The summed E-state index contributed by atoms with van der Waals surface area (Å²) in [4.78, 5) is 4.30. The standard InChI is InChI=1S/C23H19BrClNO3.CH4O/c1-28-21-20-18(13-19(25)26-21)29-23(15-7-9-16(24)10-8-15)17(11-12-22(20,23)27)14-5-3-2-4-6-14;1-2/h2-10,13,17,27H,11-12H2,1H3;2H,1H3. The van der Waals surface area contributed by atoms with Crippen molar-refractivity contribution in [1.82, 2.24) is 4.98 Å². The van der Waals surface area contributed by atoms with Gasteiger partial charge in [-0.2, -0.15) is 0 Å². The Morgan fingerprint density at radius 2 is 1.81 bits per heavy atom. The Bertz CT molecular complexity index is 1080. The molecule has 0 saturated heterocycles. The lowest BCUT2D eigenvalue weighted by Gasteiger charge is -2.40. The first-order valence-electron chi connectivity index (χ1n) is 9.92. The van der Waals surface area contributed by atoms with Crippen LogP contribution in [0.2, 0.25) is 5.15 Å². The summed E-state index contributed by atoms with van der Waals surface area (Å²) >= 11 is 9.72. The zero-order valence-corrected chi connectivity index (χ0v) is 19.5. The first kappa shape index (κ1) is 22.1. The number of nitrogens with zero attached hydrogens (tertiary/aromatic N) is 1. The third-order valence-corrected chi connectivity index (χ3v) is 6.89. The molecule has 0 radical (unpaired) electrons. The molecule has 5 nitrogen and oxygen atoms in total. The summed E-state index contributed by atoms with van der Waals surface area (Å²) in [5.41, 5.74) is 0.309. The molecule has 1 fully saturated rings. The van der Waals surface area contributed by atoms with Gasteiger partial charge in [-0.3, -0.25) is 0 Å². The van der Waals surface area contributed by atoms with Gasteiger partial charge in [-0.15, -0.1) is 0 Å². The maximum atomic E-state index is 12.2. The molecule has 1 aliphatic heterocycles. The molecule has 2 N–H and O–H groups in total. The van der Waals surface area contributed by atoms with Crippen molar-refractivity contribution < 1.29 is 19.7 Å². The van der Waals surface area contributed by atoms with Gasteiger partial charge in [0, 0.05) is 23.6 Å². The van der Waals surface area contributed by atoms with E-state index in [1.54, 1.807) is 6.07 Å². The molecule has 0 bridgehead atoms. The number of pyridine rings is 1. The monoisotopic (exact) mass is 503 g/mol. The minimum Gasteiger partial charge on any atom is -0.481 e. The van der Waals surface area contributed by atoms with Gasteiger partial charge < -0.3 is 19.7 Å². The van der Waals surface area contributed by atoms with E-state index in [1.165, 1.54) is 7.11 Å². The van der Waals surface area contributed by atoms with Crippen molar-refractivity contribution in [3.8, 4) is 11.6 Å². The van der Waals surface area contributed by atoms with E-state index in [9.17, 15) is 5.11 Å². The van der Waals surface area contributed by atoms with Crippen LogP contribution in [-0.4, -0.2) is 29.4 Å². The SMILES string of the molecule is CO.COc1nc(Cl)cc2c1C1(O)CCC(c3ccccc3)C1(c1ccc(Br)cc1)O2. The van der Waals surface area contributed by atoms with Crippen LogP contribution in [0.1, 0.15) is 35.4 Å². The largest absolute Gasteiger partial charge is 0.481 e. The molecule has 0 spiro atoms. The number of fused-ring (bicyclic) bond motifs is 3. The lowest BCUT2D eigenvalue weighted by molar-refractivity contribution is -0.106. The van der Waals surface area contributed by atoms with Gasteiger partial charge in [0.15, 0.2) is 5.60 Å². The van der Waals surface area contributed by atoms with Crippen LogP contribution in [0.25, 0.3) is 0 Å². The zero-order chi connectivity index (χ0) is 22.2. The van der Waals surface area contributed by atoms with Crippen LogP contribution in [0.4, 0.5) is 0 Å². The van der Waals surface area contributed by atoms with Crippen LogP contribution in [0.5, 0.6) is 11.6 Å². The van der Waals surface area contributed by atoms with Gasteiger partial charge in [0.25, 0.3) is 0 Å². The van der Waals surface area contributed by atoms with Gasteiger partial charge in [0.05, 0.1) is 12.7 Å². The lowest BCUT2D eigenvalue weighted by atomic mass is 9.72. The predicted octanol–water partition coefficient (Wildman–Crippen LogP) is 5.17. The molecule has 2 aliphatic rings. The van der Waals surface area contributed by atoms with Gasteiger partial charge in [-0.1, -0.05) is 70.0 Å². The Balaban J connectivity index is 0.00000112. The summed E-state index contributed by atoms with van der Waals surface area (Å²) in [6, 6.07) is 19.8. The minimum absolute atomic E-state index is 0.0502. The van der Waals surface area contributed by atoms with Crippen LogP contribution < -0.4 is 9.47 Å². The number of aliphatic hydroxyl groups is 2. The molecular weight excluding hydrogens is 482 g/mol. The summed E-state index contributed by atoms with van der Waals surface area (Å²) in [5, 5.41) is 19.5. The number of halogens is 2. The summed E-state index contributed by atoms with van der Waals surface area (Å²) in [6.07, 6.45) is 1.29. The fourth-order valence-electron chi connectivity index (χ4n) is 5.03. The van der Waals surface area contributed by atoms with Gasteiger partial charge in [0.2, 0.25) is 5.88 Å². The van der Waals surface area contributed by atoms with Crippen LogP contribution >= 0.6 is 27.5 Å². The van der Waals surface area contributed by atoms with Crippen molar-refractivity contribution in [2.45, 2.75) is 30.0 Å². The highest BCUT2D eigenvalue weighted by Crippen LogP contribution is 2.68. The predicted molar refractivity (Wildman–Crippen MR) is 123 cm³/mol. The normalized spacial score (nSPS) is 25.7. The first-order chi connectivity index (χ1) is 15.0. The molecule has 3 aromatic rings. The second-order valence-corrected chi connectivity index (χ2v) is 8.84. The Labute approximate surface area is 194 Å². The van der Waals surface area contributed by atoms with Gasteiger partial charge in [-0.25, -0.2) is 4.98 Å². The van der Waals surface area contributed by atoms with Crippen molar-refractivity contribution >= 4 is 27.5 Å². The van der Waals surface area contributed by atoms with Crippen molar-refractivity contribution in [2.75, 3.05) is 14.2 Å². The van der Waals surface area contributed by atoms with E-state index in [2.05, 4.69) is 33.0 Å². The fourth-order valence-corrected chi connectivity index (χ4v) is 5.47. The molecule has 3 unspecified atom stereocenters. The molecule has 3 atom stereocenters. The molecule has 7 heteroatoms. The number of hydrogen-bond acceptors (Lipinski definition) is 5. The van der Waals surface area contributed by atoms with Crippen LogP contribution in [0.3, 0.4) is 0 Å². The molecule has 1 saturated carbocycles. The quantitative estimate of drug-likeness (QED) is 0.482. The topological polar surface area (TPSA) is 71.8 Å². The molecule has 162 valence electrons. The summed E-state index contributed by atoms with van der Waals surface area (Å²) in [6.45, 7) is 0. The van der Waals surface area contributed by atoms with Gasteiger partial charge in [-0.05, 0) is 36.1 Å². The van der Waals surface area contributed by atoms with E-state index >= 15 is 0 Å². The Kier molecular flexibility index (Phi) is 6.01. The second kappa shape index (κ2) is 8.43. The maximum Gasteiger partial charge on any atom is 0.224 e. The number of ether oxygens (including phenoxy) is 2. The highest BCUT2D eigenvalue weighted by atomic mass is 79.9. The molecule has 2 heterocycles. The molecule has 1 aromatic heterocycles. The van der Waals surface area contributed by atoms with E-state index in [0.717, 1.165) is 29.1 Å². The van der Waals surface area contributed by atoms with Crippen molar-refractivity contribution in [3.63, 3.8) is 0 Å². The average molecular weight is 505 g/mol. The van der Waals surface area contributed by atoms with Crippen molar-refractivity contribution in [2.24, 2.45) is 0 Å². The average Bonchev–Trinajstić information content (AvgIpc) is 3.22. The number of hydrogen-bond donors (Lipinski definition) is 2. The van der Waals surface area contributed by atoms with Crippen LogP contribution in [0.15, 0.2) is 65.1 Å². The summed E-state index contributed by atoms with van der Waals surface area (Å²) in [5.74, 6) is 0.779. The lowest BCUT2D eigenvalue weighted by Crippen LogP contribution is -2.48. The molecule has 31 heavy (non-hydrogen) atoms. The number of aromatic nitrogens is 1. The van der Waals surface area contributed by atoms with E-state index in [-0.39, 0.29) is 11.1 Å². The smallest absolute Gasteiger partial charge is 0.224 e. The van der Waals surface area contributed by atoms with E-state index in [0.29, 0.717) is 23.6 Å². The summed E-state index contributed by atoms with van der Waals surface area (Å²) < 4.78 is 13.1. The third-order valence-electron chi connectivity index (χ3n) is 6.17. The summed E-state index contributed by atoms with van der Waals surface area (Å²) in [7, 11) is 2.53. The molecule has 0 amide bonds. The van der Waals surface area contributed by atoms with E-state index < -0.39 is 11.2 Å². The Hall–Kier alpha value is -2.12. The Morgan fingerprint density at radius 1 is 1.13 bits per heavy atom. The minimum atomic E-state index is -1.29. The molecule has 5 rings (SSSR count). The maximum absolute atomic E-state index is 12.2. The number of methoxy groups -OCH3 is 1. The fraction of sp³-hybridized carbons (Fsp3) is 0.292. The third kappa shape index (κ3) is 3.24. The number of benzene rings is 2. The molecule has 1 aliphatic carbocycles. The number of aliphatic hydroxyl groups excluding tert-OH is 1. The van der Waals surface area contributed by atoms with E-state index in [4.69, 9.17) is 26.2 Å². The van der Waals surface area contributed by atoms with Crippen molar-refractivity contribution in [3.05, 3.63) is 87.0 Å². The molecular formula is C24H23BrClNO4. The number of rotatable bonds is 3. The second-order valence-electron chi connectivity index (χ2n) is 7.53. The first-order valence-corrected chi connectivity index (χ1v) is 11.1. The van der Waals surface area contributed by atoms with Gasteiger partial charge in [0.1, 0.15) is 16.5 Å². The van der Waals surface area contributed by atoms with Crippen LogP contribution in [-0.2, 0) is 11.2 Å². The van der Waals surface area contributed by atoms with Crippen LogP contribution in [0, 0.1) is 0 Å². The zero-order valence-electron chi connectivity index (χ0n) is 17.2. The van der Waals surface area contributed by atoms with Crippen molar-refractivity contribution in [1.29, 1.82) is 0 Å². The highest BCUT2D eigenvalue weighted by molar-refractivity contribution is 9.10. The highest BCUT2D eigenvalue weighted by Gasteiger charge is 2.69. The molecule has 2 aromatic carbocycles. The Morgan fingerprint density at radius 3 is 2.45 bits per heavy atom.